The standard InChI is InChI=1S/C17H21F3N4O/c1-5-14(17(18,19)20)23-15(25)13-8-11(6-7-21-13)12-9-22-24(10-12)16(2,3)4/h6-10,14H,5H2,1-4H3,(H,23,25). The highest BCUT2D eigenvalue weighted by molar-refractivity contribution is 5.93. The number of nitrogens with one attached hydrogen (secondary N) is 1. The van der Waals surface area contributed by atoms with Crippen molar-refractivity contribution in [3.05, 3.63) is 36.4 Å². The second kappa shape index (κ2) is 6.85. The molecule has 0 spiro atoms. The lowest BCUT2D eigenvalue weighted by atomic mass is 10.1. The fourth-order valence-electron chi connectivity index (χ4n) is 2.22. The predicted octanol–water partition coefficient (Wildman–Crippen LogP) is 3.77. The second-order valence-electron chi connectivity index (χ2n) is 6.75. The van der Waals surface area contributed by atoms with Gasteiger partial charge in [-0.15, -0.1) is 0 Å². The number of rotatable bonds is 4. The van der Waals surface area contributed by atoms with Gasteiger partial charge in [-0.1, -0.05) is 6.92 Å². The SMILES string of the molecule is CCC(NC(=O)c1cc(-c2cnn(C(C)(C)C)c2)ccn1)C(F)(F)F. The fourth-order valence-corrected chi connectivity index (χ4v) is 2.22. The molecular formula is C17H21F3N4O. The molecule has 2 heterocycles. The van der Waals surface area contributed by atoms with Crippen molar-refractivity contribution in [1.29, 1.82) is 0 Å². The fraction of sp³-hybridized carbons (Fsp3) is 0.471. The summed E-state index contributed by atoms with van der Waals surface area (Å²) in [4.78, 5) is 16.0. The minimum Gasteiger partial charge on any atom is -0.339 e. The Bertz CT molecular complexity index is 747. The molecule has 1 unspecified atom stereocenters. The highest BCUT2D eigenvalue weighted by Gasteiger charge is 2.39. The lowest BCUT2D eigenvalue weighted by molar-refractivity contribution is -0.153. The Morgan fingerprint density at radius 3 is 2.48 bits per heavy atom. The van der Waals surface area contributed by atoms with Gasteiger partial charge < -0.3 is 5.32 Å². The molecule has 1 atom stereocenters. The first kappa shape index (κ1) is 19.0. The van der Waals surface area contributed by atoms with Gasteiger partial charge in [-0.2, -0.15) is 18.3 Å². The summed E-state index contributed by atoms with van der Waals surface area (Å²) < 4.78 is 40.2. The van der Waals surface area contributed by atoms with Crippen molar-refractivity contribution in [2.75, 3.05) is 0 Å². The number of hydrogen-bond acceptors (Lipinski definition) is 3. The van der Waals surface area contributed by atoms with E-state index in [9.17, 15) is 18.0 Å². The lowest BCUT2D eigenvalue weighted by Crippen LogP contribution is -2.45. The van der Waals surface area contributed by atoms with Crippen LogP contribution in [0.4, 0.5) is 13.2 Å². The Hall–Kier alpha value is -2.38. The van der Waals surface area contributed by atoms with Crippen LogP contribution in [-0.4, -0.2) is 32.9 Å². The summed E-state index contributed by atoms with van der Waals surface area (Å²) in [5, 5.41) is 6.26. The second-order valence-corrected chi connectivity index (χ2v) is 6.75. The quantitative estimate of drug-likeness (QED) is 0.909. The topological polar surface area (TPSA) is 59.8 Å². The third-order valence-electron chi connectivity index (χ3n) is 3.70. The van der Waals surface area contributed by atoms with Crippen molar-refractivity contribution in [1.82, 2.24) is 20.1 Å². The third-order valence-corrected chi connectivity index (χ3v) is 3.70. The summed E-state index contributed by atoms with van der Waals surface area (Å²) in [6.07, 6.45) is 0.130. The molecule has 0 aliphatic rings. The molecule has 0 bridgehead atoms. The number of halogens is 3. The van der Waals surface area contributed by atoms with Crippen LogP contribution in [0.25, 0.3) is 11.1 Å². The van der Waals surface area contributed by atoms with E-state index in [1.807, 2.05) is 32.3 Å². The van der Waals surface area contributed by atoms with Crippen LogP contribution in [0.1, 0.15) is 44.6 Å². The highest BCUT2D eigenvalue weighted by atomic mass is 19.4. The molecular weight excluding hydrogens is 333 g/mol. The largest absolute Gasteiger partial charge is 0.408 e. The first-order valence-corrected chi connectivity index (χ1v) is 7.91. The van der Waals surface area contributed by atoms with Gasteiger partial charge >= 0.3 is 6.18 Å². The number of aromatic nitrogens is 3. The Kier molecular flexibility index (Phi) is 5.20. The number of alkyl halides is 3. The van der Waals surface area contributed by atoms with Gasteiger partial charge in [0.25, 0.3) is 5.91 Å². The summed E-state index contributed by atoms with van der Waals surface area (Å²) in [5.74, 6) is -0.853. The van der Waals surface area contributed by atoms with E-state index in [2.05, 4.69) is 10.1 Å². The molecule has 2 rings (SSSR count). The van der Waals surface area contributed by atoms with Crippen LogP contribution in [0.3, 0.4) is 0 Å². The molecule has 2 aromatic rings. The van der Waals surface area contributed by atoms with Crippen LogP contribution < -0.4 is 5.32 Å². The molecule has 0 radical (unpaired) electrons. The predicted molar refractivity (Wildman–Crippen MR) is 88.1 cm³/mol. The van der Waals surface area contributed by atoms with Crippen LogP contribution in [0, 0.1) is 0 Å². The monoisotopic (exact) mass is 354 g/mol. The first-order valence-electron chi connectivity index (χ1n) is 7.91. The van der Waals surface area contributed by atoms with Gasteiger partial charge in [0.2, 0.25) is 0 Å². The Morgan fingerprint density at radius 1 is 1.28 bits per heavy atom. The van der Waals surface area contributed by atoms with Gasteiger partial charge in [0.05, 0.1) is 11.7 Å². The van der Waals surface area contributed by atoms with Crippen LogP contribution >= 0.6 is 0 Å². The smallest absolute Gasteiger partial charge is 0.339 e. The van der Waals surface area contributed by atoms with Crippen LogP contribution in [-0.2, 0) is 5.54 Å². The summed E-state index contributed by atoms with van der Waals surface area (Å²) in [5.41, 5.74) is 1.15. The molecule has 0 aliphatic carbocycles. The highest BCUT2D eigenvalue weighted by Crippen LogP contribution is 2.24. The Balaban J connectivity index is 2.24. The zero-order valence-electron chi connectivity index (χ0n) is 14.6. The van der Waals surface area contributed by atoms with Gasteiger partial charge in [-0.3, -0.25) is 14.5 Å². The van der Waals surface area contributed by atoms with Crippen LogP contribution in [0.2, 0.25) is 0 Å². The molecule has 25 heavy (non-hydrogen) atoms. The van der Waals surface area contributed by atoms with Gasteiger partial charge in [0, 0.05) is 18.0 Å². The van der Waals surface area contributed by atoms with Crippen molar-refractivity contribution in [3.8, 4) is 11.1 Å². The normalized spacial score (nSPS) is 13.6. The summed E-state index contributed by atoms with van der Waals surface area (Å²) in [6, 6.07) is 1.25. The van der Waals surface area contributed by atoms with E-state index >= 15 is 0 Å². The average Bonchev–Trinajstić information content (AvgIpc) is 3.01. The lowest BCUT2D eigenvalue weighted by Gasteiger charge is -2.19. The van der Waals surface area contributed by atoms with Crippen molar-refractivity contribution < 1.29 is 18.0 Å². The number of hydrogen-bond donors (Lipinski definition) is 1. The number of carbonyl (C=O) groups excluding carboxylic acids is 1. The van der Waals surface area contributed by atoms with Crippen molar-refractivity contribution in [2.45, 2.75) is 51.9 Å². The molecule has 8 heteroatoms. The minimum absolute atomic E-state index is 0.0660. The van der Waals surface area contributed by atoms with Gasteiger partial charge in [-0.05, 0) is 44.9 Å². The van der Waals surface area contributed by atoms with E-state index in [-0.39, 0.29) is 17.7 Å². The molecule has 5 nitrogen and oxygen atoms in total. The number of amides is 1. The zero-order valence-corrected chi connectivity index (χ0v) is 14.6. The van der Waals surface area contributed by atoms with Gasteiger partial charge in [0.1, 0.15) is 11.7 Å². The van der Waals surface area contributed by atoms with Crippen molar-refractivity contribution in [2.24, 2.45) is 0 Å². The maximum absolute atomic E-state index is 12.8. The molecule has 0 aliphatic heterocycles. The molecule has 136 valence electrons. The summed E-state index contributed by atoms with van der Waals surface area (Å²) in [7, 11) is 0. The van der Waals surface area contributed by atoms with E-state index in [1.54, 1.807) is 16.9 Å². The van der Waals surface area contributed by atoms with Crippen LogP contribution in [0.15, 0.2) is 30.7 Å². The molecule has 2 aromatic heterocycles. The van der Waals surface area contributed by atoms with E-state index in [1.165, 1.54) is 19.2 Å². The zero-order chi connectivity index (χ0) is 18.8. The Morgan fingerprint density at radius 2 is 1.96 bits per heavy atom. The Labute approximate surface area is 144 Å². The number of nitrogens with zero attached hydrogens (tertiary/aromatic N) is 3. The van der Waals surface area contributed by atoms with Crippen molar-refractivity contribution in [3.63, 3.8) is 0 Å². The molecule has 1 amide bonds. The van der Waals surface area contributed by atoms with E-state index in [0.29, 0.717) is 5.56 Å². The van der Waals surface area contributed by atoms with E-state index in [4.69, 9.17) is 0 Å². The third kappa shape index (κ3) is 4.58. The van der Waals surface area contributed by atoms with Gasteiger partial charge in [0.15, 0.2) is 0 Å². The molecule has 0 saturated heterocycles. The van der Waals surface area contributed by atoms with Crippen molar-refractivity contribution >= 4 is 5.91 Å². The minimum atomic E-state index is -4.49. The maximum atomic E-state index is 12.8. The average molecular weight is 354 g/mol. The van der Waals surface area contributed by atoms with Crippen LogP contribution in [0.5, 0.6) is 0 Å². The first-order chi connectivity index (χ1) is 11.5. The molecule has 0 fully saturated rings. The number of carbonyl (C=O) groups is 1. The molecule has 0 aromatic carbocycles. The summed E-state index contributed by atoms with van der Waals surface area (Å²) in [6.45, 7) is 7.36. The number of pyridine rings is 1. The van der Waals surface area contributed by atoms with E-state index in [0.717, 1.165) is 5.56 Å². The molecule has 1 N–H and O–H groups in total. The van der Waals surface area contributed by atoms with Gasteiger partial charge in [-0.25, -0.2) is 0 Å². The van der Waals surface area contributed by atoms with E-state index < -0.39 is 18.1 Å². The summed E-state index contributed by atoms with van der Waals surface area (Å²) >= 11 is 0. The molecule has 0 saturated carbocycles. The maximum Gasteiger partial charge on any atom is 0.408 e.